The first-order valence-electron chi connectivity index (χ1n) is 25.9. The van der Waals surface area contributed by atoms with Crippen LogP contribution in [0.1, 0.15) is 220 Å². The van der Waals surface area contributed by atoms with Gasteiger partial charge in [0.1, 0.15) is 13.2 Å². The predicted octanol–water partition coefficient (Wildman–Crippen LogP) is 17.1. The zero-order chi connectivity index (χ0) is 46.5. The highest BCUT2D eigenvalue weighted by Crippen LogP contribution is 2.15. The molecule has 362 valence electrons. The van der Waals surface area contributed by atoms with Gasteiger partial charge in [0, 0.05) is 19.3 Å². The third kappa shape index (κ3) is 49.1. The van der Waals surface area contributed by atoms with Crippen LogP contribution in [0.2, 0.25) is 0 Å². The zero-order valence-corrected chi connectivity index (χ0v) is 41.3. The van der Waals surface area contributed by atoms with E-state index in [1.54, 1.807) is 0 Å². The van der Waals surface area contributed by atoms with Crippen molar-refractivity contribution in [1.82, 2.24) is 0 Å². The van der Waals surface area contributed by atoms with E-state index in [0.717, 1.165) is 83.5 Å². The fraction of sp³-hybridized carbons (Fsp3) is 0.638. The molecule has 0 spiro atoms. The number of hydrogen-bond acceptors (Lipinski definition) is 6. The summed E-state index contributed by atoms with van der Waals surface area (Å²) < 4.78 is 16.7. The summed E-state index contributed by atoms with van der Waals surface area (Å²) >= 11 is 0. The van der Waals surface area contributed by atoms with Crippen molar-refractivity contribution in [2.24, 2.45) is 0 Å². The second-order valence-electron chi connectivity index (χ2n) is 16.8. The minimum absolute atomic E-state index is 0.121. The fourth-order valence-corrected chi connectivity index (χ4v) is 6.80. The number of rotatable bonds is 45. The van der Waals surface area contributed by atoms with E-state index in [1.807, 2.05) is 48.6 Å². The van der Waals surface area contributed by atoms with Crippen molar-refractivity contribution in [1.29, 1.82) is 0 Å². The lowest BCUT2D eigenvalue weighted by atomic mass is 10.0. The third-order valence-corrected chi connectivity index (χ3v) is 10.6. The van der Waals surface area contributed by atoms with E-state index in [-0.39, 0.29) is 31.6 Å². The van der Waals surface area contributed by atoms with Crippen LogP contribution < -0.4 is 0 Å². The van der Waals surface area contributed by atoms with Gasteiger partial charge in [-0.15, -0.1) is 0 Å². The number of carbonyl (C=O) groups is 3. The van der Waals surface area contributed by atoms with Gasteiger partial charge in [0.2, 0.25) is 0 Å². The molecule has 0 aromatic rings. The molecule has 0 saturated carbocycles. The molecule has 0 bridgehead atoms. The summed E-state index contributed by atoms with van der Waals surface area (Å²) in [6, 6.07) is 0. The maximum atomic E-state index is 12.8. The van der Waals surface area contributed by atoms with E-state index in [9.17, 15) is 14.4 Å². The highest BCUT2D eigenvalue weighted by atomic mass is 16.6. The molecule has 0 aliphatic carbocycles. The minimum atomic E-state index is -0.833. The summed E-state index contributed by atoms with van der Waals surface area (Å²) in [4.78, 5) is 37.9. The largest absolute Gasteiger partial charge is 0.462 e. The molecular weight excluding hydrogens is 793 g/mol. The Kier molecular flexibility index (Phi) is 48.5. The molecule has 0 N–H and O–H groups in total. The summed E-state index contributed by atoms with van der Waals surface area (Å²) in [5.74, 6) is -1.05. The van der Waals surface area contributed by atoms with E-state index in [2.05, 4.69) is 81.5 Å². The summed E-state index contributed by atoms with van der Waals surface area (Å²) in [7, 11) is 0. The van der Waals surface area contributed by atoms with E-state index in [4.69, 9.17) is 14.2 Å². The van der Waals surface area contributed by atoms with Gasteiger partial charge in [-0.3, -0.25) is 14.4 Å². The third-order valence-electron chi connectivity index (χ3n) is 10.6. The molecular formula is C58H94O6. The van der Waals surface area contributed by atoms with Crippen LogP contribution in [-0.2, 0) is 28.6 Å². The van der Waals surface area contributed by atoms with E-state index >= 15 is 0 Å². The second-order valence-corrected chi connectivity index (χ2v) is 16.8. The van der Waals surface area contributed by atoms with Crippen LogP contribution >= 0.6 is 0 Å². The minimum Gasteiger partial charge on any atom is -0.462 e. The molecule has 0 rings (SSSR count). The van der Waals surface area contributed by atoms with Crippen molar-refractivity contribution >= 4 is 17.9 Å². The Morgan fingerprint density at radius 3 is 1.17 bits per heavy atom. The van der Waals surface area contributed by atoms with Gasteiger partial charge >= 0.3 is 17.9 Å². The van der Waals surface area contributed by atoms with Crippen molar-refractivity contribution in [3.05, 3.63) is 109 Å². The Balaban J connectivity index is 4.53. The molecule has 6 nitrogen and oxygen atoms in total. The van der Waals surface area contributed by atoms with Gasteiger partial charge in [-0.05, 0) is 70.6 Å². The monoisotopic (exact) mass is 887 g/mol. The Bertz CT molecular complexity index is 1340. The summed E-state index contributed by atoms with van der Waals surface area (Å²) in [6.07, 6.45) is 69.5. The highest BCUT2D eigenvalue weighted by molar-refractivity contribution is 5.71. The average Bonchev–Trinajstić information content (AvgIpc) is 3.29. The lowest BCUT2D eigenvalue weighted by Gasteiger charge is -2.18. The normalized spacial score (nSPS) is 13.0. The van der Waals surface area contributed by atoms with E-state index in [1.165, 1.54) is 89.9 Å². The number of carbonyl (C=O) groups excluding carboxylic acids is 3. The Morgan fingerprint density at radius 2 is 0.719 bits per heavy atom. The second kappa shape index (κ2) is 51.7. The molecule has 64 heavy (non-hydrogen) atoms. The summed E-state index contributed by atoms with van der Waals surface area (Å²) in [5.41, 5.74) is 0. The number of hydrogen-bond donors (Lipinski definition) is 0. The zero-order valence-electron chi connectivity index (χ0n) is 41.3. The molecule has 1 atom stereocenters. The van der Waals surface area contributed by atoms with Gasteiger partial charge in [-0.1, -0.05) is 239 Å². The Hall–Kier alpha value is -3.93. The SMILES string of the molecule is CC/C=C/C=C/C=C/C=C/CCCCCC(=O)OCC(COC(=O)CCCCCCCCCCCCCCCCCCC)OC(=O)CC/C=C/C/C=C/C/C=C/C/C=C/C/C=C/CC. The number of esters is 3. The van der Waals surface area contributed by atoms with Crippen LogP contribution in [0.4, 0.5) is 0 Å². The maximum absolute atomic E-state index is 12.8. The van der Waals surface area contributed by atoms with Crippen LogP contribution in [0.5, 0.6) is 0 Å². The smallest absolute Gasteiger partial charge is 0.306 e. The molecule has 0 aliphatic rings. The topological polar surface area (TPSA) is 78.9 Å². The molecule has 6 heteroatoms. The van der Waals surface area contributed by atoms with Gasteiger partial charge in [0.15, 0.2) is 6.10 Å². The van der Waals surface area contributed by atoms with Gasteiger partial charge < -0.3 is 14.2 Å². The fourth-order valence-electron chi connectivity index (χ4n) is 6.80. The van der Waals surface area contributed by atoms with Crippen molar-refractivity contribution in [3.63, 3.8) is 0 Å². The molecule has 0 radical (unpaired) electrons. The quantitative estimate of drug-likeness (QED) is 0.0199. The first kappa shape index (κ1) is 60.1. The molecule has 0 aromatic heterocycles. The lowest BCUT2D eigenvalue weighted by molar-refractivity contribution is -0.166. The Labute approximate surface area is 393 Å². The number of unbranched alkanes of at least 4 members (excludes halogenated alkanes) is 19. The molecule has 0 saturated heterocycles. The van der Waals surface area contributed by atoms with Gasteiger partial charge in [-0.2, -0.15) is 0 Å². The molecule has 0 aromatic carbocycles. The summed E-state index contributed by atoms with van der Waals surface area (Å²) in [5, 5.41) is 0. The molecule has 0 amide bonds. The van der Waals surface area contributed by atoms with Crippen molar-refractivity contribution in [3.8, 4) is 0 Å². The predicted molar refractivity (Wildman–Crippen MR) is 274 cm³/mol. The Morgan fingerprint density at radius 1 is 0.344 bits per heavy atom. The average molecular weight is 887 g/mol. The molecule has 0 heterocycles. The van der Waals surface area contributed by atoms with Gasteiger partial charge in [0.05, 0.1) is 0 Å². The van der Waals surface area contributed by atoms with E-state index in [0.29, 0.717) is 19.3 Å². The van der Waals surface area contributed by atoms with Crippen molar-refractivity contribution < 1.29 is 28.6 Å². The highest BCUT2D eigenvalue weighted by Gasteiger charge is 2.19. The van der Waals surface area contributed by atoms with E-state index < -0.39 is 12.1 Å². The van der Waals surface area contributed by atoms with Crippen molar-refractivity contribution in [2.45, 2.75) is 226 Å². The first-order chi connectivity index (χ1) is 31.5. The lowest BCUT2D eigenvalue weighted by Crippen LogP contribution is -2.30. The van der Waals surface area contributed by atoms with Gasteiger partial charge in [-0.25, -0.2) is 0 Å². The van der Waals surface area contributed by atoms with Gasteiger partial charge in [0.25, 0.3) is 0 Å². The first-order valence-corrected chi connectivity index (χ1v) is 25.9. The van der Waals surface area contributed by atoms with Crippen molar-refractivity contribution in [2.75, 3.05) is 13.2 Å². The van der Waals surface area contributed by atoms with Crippen LogP contribution in [0.3, 0.4) is 0 Å². The van der Waals surface area contributed by atoms with Crippen LogP contribution in [0.15, 0.2) is 109 Å². The molecule has 1 unspecified atom stereocenters. The van der Waals surface area contributed by atoms with Crippen LogP contribution in [0, 0.1) is 0 Å². The summed E-state index contributed by atoms with van der Waals surface area (Å²) in [6.45, 7) is 6.28. The maximum Gasteiger partial charge on any atom is 0.306 e. The van der Waals surface area contributed by atoms with Crippen LogP contribution in [0.25, 0.3) is 0 Å². The number of ether oxygens (including phenoxy) is 3. The molecule has 0 aliphatic heterocycles. The standard InChI is InChI=1S/C58H94O6/c1-4-7-10-13-16-19-22-25-27-29-31-33-36-39-42-45-48-51-57(60)63-54-55(53-62-56(59)50-47-44-41-38-35-32-24-21-18-15-12-9-6-3)64-58(61)52-49-46-43-40-37-34-30-28-26-23-20-17-14-11-8-5-2/h8-9,11-12,15,17-18,20-21,24,26,28,32,34-35,37,43,46,55H,4-7,10,13-14,16,19,22-23,25,27,29-31,33,36,38-42,44-45,47-54H2,1-3H3/b11-8+,12-9+,18-15+,20-17+,24-21+,28-26+,35-32+,37-34+,46-43+. The number of allylic oxidation sites excluding steroid dienone is 18. The molecule has 0 fully saturated rings. The van der Waals surface area contributed by atoms with Crippen LogP contribution in [-0.4, -0.2) is 37.2 Å².